The quantitative estimate of drug-likeness (QED) is 0.292. The fourth-order valence-electron chi connectivity index (χ4n) is 4.94. The van der Waals surface area contributed by atoms with Gasteiger partial charge in [-0.2, -0.15) is 0 Å². The Kier molecular flexibility index (Phi) is 5.49. The molecule has 1 heteroatoms. The molecule has 0 amide bonds. The molecule has 0 bridgehead atoms. The first kappa shape index (κ1) is 20.3. The molecule has 4 aromatic rings. The van der Waals surface area contributed by atoms with Crippen molar-refractivity contribution >= 4 is 21.6 Å². The average molecular weight is 441 g/mol. The third-order valence-corrected chi connectivity index (χ3v) is 7.63. The van der Waals surface area contributed by atoms with Gasteiger partial charge in [0.25, 0.3) is 0 Å². The van der Waals surface area contributed by atoms with Gasteiger partial charge < -0.3 is 0 Å². The van der Waals surface area contributed by atoms with Crippen LogP contribution in [0.25, 0.3) is 9.81 Å². The van der Waals surface area contributed by atoms with Gasteiger partial charge in [0.15, 0.2) is 0 Å². The Morgan fingerprint density at radius 2 is 0.879 bits per heavy atom. The number of benzene rings is 4. The molecule has 4 aromatic carbocycles. The van der Waals surface area contributed by atoms with Crippen LogP contribution in [0.15, 0.2) is 109 Å². The van der Waals surface area contributed by atoms with Crippen molar-refractivity contribution in [3.05, 3.63) is 155 Å². The highest BCUT2D eigenvalue weighted by atomic mass is 32.2. The Hall–Kier alpha value is -3.29. The highest BCUT2D eigenvalue weighted by Crippen LogP contribution is 2.51. The standard InChI is InChI=1S/C32H24S/c1-3-11-23(12-4-1)19-25-21-31(29-17-9-7-15-27(25)29)33-32-22-26(20-24-13-5-2-6-14-24)28-16-8-10-18-30(28)32/h1-18,25-26H,19-20H2. The van der Waals surface area contributed by atoms with Crippen molar-refractivity contribution in [2.24, 2.45) is 0 Å². The Morgan fingerprint density at radius 1 is 0.485 bits per heavy atom. The molecule has 158 valence electrons. The summed E-state index contributed by atoms with van der Waals surface area (Å²) in [5.41, 5.74) is 8.13. The first-order chi connectivity index (χ1) is 16.3. The monoisotopic (exact) mass is 440 g/mol. The molecule has 0 nitrogen and oxygen atoms in total. The third-order valence-electron chi connectivity index (χ3n) is 6.54. The predicted molar refractivity (Wildman–Crippen MR) is 140 cm³/mol. The second-order valence-corrected chi connectivity index (χ2v) is 9.73. The summed E-state index contributed by atoms with van der Waals surface area (Å²) in [6, 6.07) is 39.1. The van der Waals surface area contributed by atoms with Crippen LogP contribution in [0.4, 0.5) is 0 Å². The Labute approximate surface area is 200 Å². The van der Waals surface area contributed by atoms with Gasteiger partial charge in [0, 0.05) is 21.6 Å². The lowest BCUT2D eigenvalue weighted by Gasteiger charge is -2.11. The summed E-state index contributed by atoms with van der Waals surface area (Å²) < 4.78 is 0. The molecule has 0 spiro atoms. The number of hydrogen-bond donors (Lipinski definition) is 0. The van der Waals surface area contributed by atoms with Gasteiger partial charge in [-0.05, 0) is 58.4 Å². The van der Waals surface area contributed by atoms with Crippen molar-refractivity contribution in [2.75, 3.05) is 0 Å². The SMILES string of the molecule is [C]1=C(SC2=[C]C(Cc3ccccc3)c3ccccc32)c2ccccc2C1Cc1ccccc1. The van der Waals surface area contributed by atoms with Crippen molar-refractivity contribution in [3.8, 4) is 0 Å². The largest absolute Gasteiger partial charge is 0.0882 e. The number of rotatable bonds is 6. The molecule has 2 aliphatic rings. The van der Waals surface area contributed by atoms with Gasteiger partial charge in [-0.1, -0.05) is 121 Å². The zero-order valence-corrected chi connectivity index (χ0v) is 19.2. The van der Waals surface area contributed by atoms with Crippen molar-refractivity contribution in [1.82, 2.24) is 0 Å². The van der Waals surface area contributed by atoms with E-state index in [1.54, 1.807) is 0 Å². The van der Waals surface area contributed by atoms with Crippen LogP contribution in [0.2, 0.25) is 0 Å². The van der Waals surface area contributed by atoms with Gasteiger partial charge >= 0.3 is 0 Å². The molecule has 0 aromatic heterocycles. The molecular formula is C32H24S. The van der Waals surface area contributed by atoms with Gasteiger partial charge in [-0.3, -0.25) is 0 Å². The molecule has 2 unspecified atom stereocenters. The first-order valence-electron chi connectivity index (χ1n) is 11.6. The Bertz CT molecular complexity index is 1230. The summed E-state index contributed by atoms with van der Waals surface area (Å²) in [5.74, 6) is 0.590. The van der Waals surface area contributed by atoms with Crippen molar-refractivity contribution in [1.29, 1.82) is 0 Å². The summed E-state index contributed by atoms with van der Waals surface area (Å²) >= 11 is 1.84. The second-order valence-electron chi connectivity index (χ2n) is 8.71. The van der Waals surface area contributed by atoms with Crippen molar-refractivity contribution in [3.63, 3.8) is 0 Å². The predicted octanol–water partition coefficient (Wildman–Crippen LogP) is 8.09. The normalized spacial score (nSPS) is 18.4. The van der Waals surface area contributed by atoms with Crippen LogP contribution in [0.3, 0.4) is 0 Å². The van der Waals surface area contributed by atoms with E-state index >= 15 is 0 Å². The van der Waals surface area contributed by atoms with E-state index in [0.717, 1.165) is 12.8 Å². The minimum absolute atomic E-state index is 0.295. The maximum Gasteiger partial charge on any atom is 0.0239 e. The van der Waals surface area contributed by atoms with Crippen LogP contribution < -0.4 is 0 Å². The van der Waals surface area contributed by atoms with E-state index in [4.69, 9.17) is 0 Å². The summed E-state index contributed by atoms with van der Waals surface area (Å²) in [7, 11) is 0. The van der Waals surface area contributed by atoms with Crippen LogP contribution in [-0.2, 0) is 12.8 Å². The Morgan fingerprint density at radius 3 is 1.33 bits per heavy atom. The molecule has 0 heterocycles. The molecule has 0 fully saturated rings. The maximum absolute atomic E-state index is 3.85. The lowest BCUT2D eigenvalue weighted by atomic mass is 9.94. The number of fused-ring (bicyclic) bond motifs is 2. The third kappa shape index (κ3) is 4.10. The van der Waals surface area contributed by atoms with E-state index in [0.29, 0.717) is 11.8 Å². The van der Waals surface area contributed by atoms with Crippen LogP contribution in [0, 0.1) is 12.2 Å². The molecule has 33 heavy (non-hydrogen) atoms. The van der Waals surface area contributed by atoms with E-state index < -0.39 is 0 Å². The Balaban J connectivity index is 1.31. The van der Waals surface area contributed by atoms with Gasteiger partial charge in [0.1, 0.15) is 0 Å². The second kappa shape index (κ2) is 8.92. The number of hydrogen-bond acceptors (Lipinski definition) is 1. The van der Waals surface area contributed by atoms with Crippen LogP contribution in [0.5, 0.6) is 0 Å². The highest BCUT2D eigenvalue weighted by molar-refractivity contribution is 8.16. The van der Waals surface area contributed by atoms with Gasteiger partial charge in [-0.25, -0.2) is 0 Å². The van der Waals surface area contributed by atoms with Gasteiger partial charge in [-0.15, -0.1) is 0 Å². The number of allylic oxidation sites excluding steroid dienone is 2. The molecular weight excluding hydrogens is 416 g/mol. The molecule has 0 saturated carbocycles. The van der Waals surface area contributed by atoms with E-state index in [1.165, 1.54) is 43.2 Å². The molecule has 2 aliphatic carbocycles. The van der Waals surface area contributed by atoms with E-state index in [-0.39, 0.29) is 0 Å². The van der Waals surface area contributed by atoms with Crippen molar-refractivity contribution in [2.45, 2.75) is 24.7 Å². The summed E-state index contributed by atoms with van der Waals surface area (Å²) in [6.45, 7) is 0. The molecule has 6 rings (SSSR count). The lowest BCUT2D eigenvalue weighted by molar-refractivity contribution is 0.832. The summed E-state index contributed by atoms with van der Waals surface area (Å²) in [4.78, 5) is 2.48. The van der Waals surface area contributed by atoms with Crippen LogP contribution >= 0.6 is 11.8 Å². The van der Waals surface area contributed by atoms with Gasteiger partial charge in [0.05, 0.1) is 0 Å². The number of thioether (sulfide) groups is 1. The maximum atomic E-state index is 3.85. The zero-order chi connectivity index (χ0) is 22.0. The molecule has 0 saturated heterocycles. The molecule has 2 atom stereocenters. The summed E-state index contributed by atoms with van der Waals surface area (Å²) in [6.07, 6.45) is 9.66. The zero-order valence-electron chi connectivity index (χ0n) is 18.4. The molecule has 0 N–H and O–H groups in total. The van der Waals surface area contributed by atoms with Crippen LogP contribution in [-0.4, -0.2) is 0 Å². The smallest absolute Gasteiger partial charge is 0.0239 e. The average Bonchev–Trinajstić information content (AvgIpc) is 3.39. The minimum Gasteiger partial charge on any atom is -0.0882 e. The molecule has 2 radical (unpaired) electrons. The highest BCUT2D eigenvalue weighted by Gasteiger charge is 2.29. The van der Waals surface area contributed by atoms with E-state index in [1.807, 2.05) is 11.8 Å². The minimum atomic E-state index is 0.295. The van der Waals surface area contributed by atoms with Gasteiger partial charge in [0.2, 0.25) is 0 Å². The van der Waals surface area contributed by atoms with E-state index in [9.17, 15) is 0 Å². The first-order valence-corrected chi connectivity index (χ1v) is 12.4. The van der Waals surface area contributed by atoms with Crippen LogP contribution in [0.1, 0.15) is 45.2 Å². The molecule has 0 aliphatic heterocycles. The fourth-order valence-corrected chi connectivity index (χ4v) is 6.13. The van der Waals surface area contributed by atoms with Crippen molar-refractivity contribution < 1.29 is 0 Å². The fraction of sp³-hybridized carbons (Fsp3) is 0.125. The lowest BCUT2D eigenvalue weighted by Crippen LogP contribution is -1.98. The van der Waals surface area contributed by atoms with E-state index in [2.05, 4.69) is 121 Å². The topological polar surface area (TPSA) is 0 Å². The summed E-state index contributed by atoms with van der Waals surface area (Å²) in [5, 5.41) is 0.